The summed E-state index contributed by atoms with van der Waals surface area (Å²) in [6.45, 7) is 5.42. The van der Waals surface area contributed by atoms with Crippen LogP contribution in [0.5, 0.6) is 5.75 Å². The van der Waals surface area contributed by atoms with Crippen LogP contribution in [-0.4, -0.2) is 24.5 Å². The maximum atomic E-state index is 13.1. The van der Waals surface area contributed by atoms with Gasteiger partial charge in [-0.25, -0.2) is 4.39 Å². The molecule has 1 atom stereocenters. The average Bonchev–Trinajstić information content (AvgIpc) is 2.62. The quantitative estimate of drug-likeness (QED) is 0.667. The van der Waals surface area contributed by atoms with E-state index in [-0.39, 0.29) is 5.91 Å². The van der Waals surface area contributed by atoms with E-state index < -0.39 is 17.8 Å². The van der Waals surface area contributed by atoms with Gasteiger partial charge in [-0.05, 0) is 53.2 Å². The summed E-state index contributed by atoms with van der Waals surface area (Å²) in [6.07, 6.45) is 0.705. The summed E-state index contributed by atoms with van der Waals surface area (Å²) in [4.78, 5) is 24.6. The third-order valence-electron chi connectivity index (χ3n) is 3.40. The first-order valence-electron chi connectivity index (χ1n) is 7.83. The molecule has 0 unspecified atom stereocenters. The zero-order chi connectivity index (χ0) is 19.1. The molecule has 2 aromatic rings. The average molecular weight is 421 g/mol. The molecule has 2 aromatic carbocycles. The van der Waals surface area contributed by atoms with E-state index in [0.717, 1.165) is 0 Å². The van der Waals surface area contributed by atoms with Gasteiger partial charge < -0.3 is 15.4 Å². The van der Waals surface area contributed by atoms with E-state index in [4.69, 9.17) is 4.74 Å². The van der Waals surface area contributed by atoms with Crippen LogP contribution in [0.25, 0.3) is 0 Å². The van der Waals surface area contributed by atoms with Crippen LogP contribution in [-0.2, 0) is 4.79 Å². The van der Waals surface area contributed by atoms with Gasteiger partial charge in [-0.3, -0.25) is 9.59 Å². The molecule has 0 spiro atoms. The van der Waals surface area contributed by atoms with E-state index in [9.17, 15) is 14.0 Å². The zero-order valence-electron chi connectivity index (χ0n) is 14.1. The third kappa shape index (κ3) is 5.16. The van der Waals surface area contributed by atoms with Crippen molar-refractivity contribution in [3.8, 4) is 5.75 Å². The second kappa shape index (κ2) is 9.15. The molecule has 0 saturated carbocycles. The fraction of sp³-hybridized carbons (Fsp3) is 0.158. The van der Waals surface area contributed by atoms with Crippen molar-refractivity contribution in [1.29, 1.82) is 0 Å². The van der Waals surface area contributed by atoms with E-state index in [2.05, 4.69) is 33.1 Å². The first kappa shape index (κ1) is 19.7. The molecule has 26 heavy (non-hydrogen) atoms. The maximum absolute atomic E-state index is 13.1. The van der Waals surface area contributed by atoms with Gasteiger partial charge in [0.25, 0.3) is 11.8 Å². The number of carbonyl (C=O) groups excluding carboxylic acids is 2. The Bertz CT molecular complexity index is 826. The maximum Gasteiger partial charge on any atom is 0.265 e. The lowest BCUT2D eigenvalue weighted by molar-refractivity contribution is -0.122. The van der Waals surface area contributed by atoms with E-state index in [1.165, 1.54) is 18.2 Å². The molecule has 0 bridgehead atoms. The van der Waals surface area contributed by atoms with Gasteiger partial charge in [0.2, 0.25) is 0 Å². The fourth-order valence-corrected chi connectivity index (χ4v) is 2.54. The lowest BCUT2D eigenvalue weighted by atomic mass is 10.1. The Morgan fingerprint density at radius 1 is 1.31 bits per heavy atom. The summed E-state index contributed by atoms with van der Waals surface area (Å²) in [6, 6.07) is 10.6. The first-order chi connectivity index (χ1) is 12.4. The van der Waals surface area contributed by atoms with Gasteiger partial charge in [-0.1, -0.05) is 18.2 Å². The summed E-state index contributed by atoms with van der Waals surface area (Å²) < 4.78 is 19.1. The third-order valence-corrected chi connectivity index (χ3v) is 4.02. The normalized spacial score (nSPS) is 11.3. The lowest BCUT2D eigenvalue weighted by Crippen LogP contribution is -2.32. The van der Waals surface area contributed by atoms with Crippen LogP contribution >= 0.6 is 15.9 Å². The molecular formula is C19H18BrFN2O3. The number of benzene rings is 2. The Hall–Kier alpha value is -2.67. The topological polar surface area (TPSA) is 67.4 Å². The molecule has 136 valence electrons. The van der Waals surface area contributed by atoms with E-state index in [1.807, 2.05) is 0 Å². The minimum absolute atomic E-state index is 0.319. The van der Waals surface area contributed by atoms with Crippen molar-refractivity contribution in [1.82, 2.24) is 5.32 Å². The number of halogens is 2. The van der Waals surface area contributed by atoms with Gasteiger partial charge in [0.05, 0.1) is 15.7 Å². The van der Waals surface area contributed by atoms with Crippen molar-refractivity contribution < 1.29 is 18.7 Å². The lowest BCUT2D eigenvalue weighted by Gasteiger charge is -2.17. The van der Waals surface area contributed by atoms with E-state index >= 15 is 0 Å². The molecule has 0 aliphatic heterocycles. The first-order valence-corrected chi connectivity index (χ1v) is 8.62. The van der Waals surface area contributed by atoms with E-state index in [0.29, 0.717) is 28.0 Å². The molecule has 2 N–H and O–H groups in total. The minimum Gasteiger partial charge on any atom is -0.480 e. The smallest absolute Gasteiger partial charge is 0.265 e. The molecule has 0 saturated heterocycles. The van der Waals surface area contributed by atoms with Gasteiger partial charge in [0.15, 0.2) is 6.10 Å². The van der Waals surface area contributed by atoms with Crippen LogP contribution in [0.4, 0.5) is 10.1 Å². The summed E-state index contributed by atoms with van der Waals surface area (Å²) in [5, 5.41) is 5.34. The van der Waals surface area contributed by atoms with Crippen LogP contribution in [0.1, 0.15) is 17.3 Å². The summed E-state index contributed by atoms with van der Waals surface area (Å²) in [5.41, 5.74) is 0.700. The van der Waals surface area contributed by atoms with Gasteiger partial charge in [-0.2, -0.15) is 0 Å². The van der Waals surface area contributed by atoms with Crippen molar-refractivity contribution in [2.24, 2.45) is 0 Å². The van der Waals surface area contributed by atoms with Crippen molar-refractivity contribution in [2.75, 3.05) is 11.9 Å². The molecule has 0 fully saturated rings. The number of hydrogen-bond donors (Lipinski definition) is 2. The summed E-state index contributed by atoms with van der Waals surface area (Å²) in [7, 11) is 0. The second-order valence-corrected chi connectivity index (χ2v) is 6.22. The highest BCUT2D eigenvalue weighted by Gasteiger charge is 2.19. The molecule has 0 heterocycles. The molecular weight excluding hydrogens is 403 g/mol. The second-order valence-electron chi connectivity index (χ2n) is 5.37. The Balaban J connectivity index is 2.09. The molecule has 2 amide bonds. The fourth-order valence-electron chi connectivity index (χ4n) is 2.10. The molecule has 0 aliphatic rings. The molecule has 5 nitrogen and oxygen atoms in total. The van der Waals surface area contributed by atoms with Crippen LogP contribution in [0.15, 0.2) is 59.6 Å². The largest absolute Gasteiger partial charge is 0.480 e. The van der Waals surface area contributed by atoms with Crippen LogP contribution < -0.4 is 15.4 Å². The van der Waals surface area contributed by atoms with Crippen molar-refractivity contribution >= 4 is 33.4 Å². The predicted octanol–water partition coefficient (Wildman–Crippen LogP) is 3.91. The van der Waals surface area contributed by atoms with Gasteiger partial charge >= 0.3 is 0 Å². The van der Waals surface area contributed by atoms with Gasteiger partial charge in [-0.15, -0.1) is 6.58 Å². The SMILES string of the molecule is C=CCNC(=O)c1ccccc1NC(=O)[C@@H](C)Oc1ccc(F)cc1Br. The van der Waals surface area contributed by atoms with Crippen molar-refractivity contribution in [3.05, 3.63) is 71.0 Å². The highest BCUT2D eigenvalue weighted by molar-refractivity contribution is 9.10. The molecule has 0 radical (unpaired) electrons. The summed E-state index contributed by atoms with van der Waals surface area (Å²) >= 11 is 3.19. The number of rotatable bonds is 7. The number of anilines is 1. The summed E-state index contributed by atoms with van der Waals surface area (Å²) in [5.74, 6) is -0.840. The highest BCUT2D eigenvalue weighted by Crippen LogP contribution is 2.26. The zero-order valence-corrected chi connectivity index (χ0v) is 15.7. The molecule has 0 aliphatic carbocycles. The monoisotopic (exact) mass is 420 g/mol. The number of para-hydroxylation sites is 1. The molecule has 0 aromatic heterocycles. The number of nitrogens with one attached hydrogen (secondary N) is 2. The van der Waals surface area contributed by atoms with Crippen LogP contribution in [0, 0.1) is 5.82 Å². The van der Waals surface area contributed by atoms with Gasteiger partial charge in [0.1, 0.15) is 11.6 Å². The number of amides is 2. The Morgan fingerprint density at radius 2 is 2.04 bits per heavy atom. The van der Waals surface area contributed by atoms with E-state index in [1.54, 1.807) is 37.3 Å². The Labute approximate surface area is 159 Å². The number of carbonyl (C=O) groups is 2. The van der Waals surface area contributed by atoms with Gasteiger partial charge in [0, 0.05) is 6.54 Å². The Kier molecular flexibility index (Phi) is 6.91. The van der Waals surface area contributed by atoms with Crippen molar-refractivity contribution in [3.63, 3.8) is 0 Å². The predicted molar refractivity (Wildman–Crippen MR) is 102 cm³/mol. The Morgan fingerprint density at radius 3 is 2.73 bits per heavy atom. The van der Waals surface area contributed by atoms with Crippen LogP contribution in [0.3, 0.4) is 0 Å². The highest BCUT2D eigenvalue weighted by atomic mass is 79.9. The number of ether oxygens (including phenoxy) is 1. The molecule has 2 rings (SSSR count). The molecule has 7 heteroatoms. The minimum atomic E-state index is -0.860. The van der Waals surface area contributed by atoms with Crippen LogP contribution in [0.2, 0.25) is 0 Å². The van der Waals surface area contributed by atoms with Crippen molar-refractivity contribution in [2.45, 2.75) is 13.0 Å². The number of hydrogen-bond acceptors (Lipinski definition) is 3. The standard InChI is InChI=1S/C19H18BrFN2O3/c1-3-10-22-19(25)14-6-4-5-7-16(14)23-18(24)12(2)26-17-9-8-13(21)11-15(17)20/h3-9,11-12H,1,10H2,2H3,(H,22,25)(H,23,24)/t12-/m1/s1.